The van der Waals surface area contributed by atoms with Crippen molar-refractivity contribution in [2.75, 3.05) is 0 Å². The van der Waals surface area contributed by atoms with Crippen molar-refractivity contribution in [2.45, 2.75) is 74.6 Å². The van der Waals surface area contributed by atoms with Crippen molar-refractivity contribution in [2.24, 2.45) is 0 Å². The average molecular weight is 654 g/mol. The molecule has 0 aromatic heterocycles. The van der Waals surface area contributed by atoms with Crippen LogP contribution in [0, 0.1) is 0 Å². The fraction of sp³-hybridized carbons (Fsp3) is 0.429. The van der Waals surface area contributed by atoms with Gasteiger partial charge in [0.05, 0.1) is 0 Å². The first-order valence-electron chi connectivity index (χ1n) is 11.4. The van der Waals surface area contributed by atoms with Crippen molar-refractivity contribution in [1.29, 1.82) is 0 Å². The molecule has 32 heavy (non-hydrogen) atoms. The molecule has 0 heterocycles. The van der Waals surface area contributed by atoms with Gasteiger partial charge < -0.3 is 0 Å². The molecule has 0 unspecified atom stereocenters. The van der Waals surface area contributed by atoms with Gasteiger partial charge in [-0.3, -0.25) is 0 Å². The van der Waals surface area contributed by atoms with Gasteiger partial charge in [-0.05, 0) is 0 Å². The molecule has 4 heteroatoms. The molecule has 0 nitrogen and oxygen atoms in total. The molecule has 2 aromatic carbocycles. The van der Waals surface area contributed by atoms with E-state index in [1.54, 1.807) is 17.8 Å². The number of hydrogen-bond donors (Lipinski definition) is 0. The van der Waals surface area contributed by atoms with Gasteiger partial charge in [-0.2, -0.15) is 0 Å². The second kappa shape index (κ2) is 8.67. The summed E-state index contributed by atoms with van der Waals surface area (Å²) in [5.74, 6) is 0. The quantitative estimate of drug-likeness (QED) is 0.252. The minimum absolute atomic E-state index is 0. The van der Waals surface area contributed by atoms with E-state index in [9.17, 15) is 0 Å². The molecule has 2 aliphatic carbocycles. The monoisotopic (exact) mass is 654 g/mol. The van der Waals surface area contributed by atoms with Crippen LogP contribution in [0.2, 0.25) is 9.36 Å². The van der Waals surface area contributed by atoms with E-state index in [4.69, 9.17) is 0 Å². The number of benzene rings is 2. The van der Waals surface area contributed by atoms with Crippen LogP contribution >= 0.6 is 24.8 Å². The van der Waals surface area contributed by atoms with Gasteiger partial charge in [0.1, 0.15) is 0 Å². The Morgan fingerprint density at radius 3 is 2.00 bits per heavy atom. The third-order valence-corrected chi connectivity index (χ3v) is 30.5. The summed E-state index contributed by atoms with van der Waals surface area (Å²) in [6, 6.07) is 12.1. The molecule has 0 N–H and O–H groups in total. The maximum Gasteiger partial charge on any atom is -0.147 e. The van der Waals surface area contributed by atoms with Crippen LogP contribution < -0.4 is 3.32 Å². The molecule has 0 atom stereocenters. The number of hydrogen-bond acceptors (Lipinski definition) is 0. The summed E-state index contributed by atoms with van der Waals surface area (Å²) < 4.78 is 8.89. The van der Waals surface area contributed by atoms with Crippen molar-refractivity contribution in [3.63, 3.8) is 0 Å². The van der Waals surface area contributed by atoms with E-state index in [-0.39, 0.29) is 35.6 Å². The Balaban J connectivity index is 0.00000181. The fourth-order valence-electron chi connectivity index (χ4n) is 5.49. The SMILES string of the molecule is CC(C)(C)c1ccc2c(c1)Cc1c-2ccc(C(C)(C)C)[c]1[Hf]([CH3])([CH3])(=[SiH2])[C]1=CC=CC1.Cl.Cl. The molecule has 2 aromatic rings. The Labute approximate surface area is 210 Å². The normalized spacial score (nSPS) is 15.5. The van der Waals surface area contributed by atoms with Gasteiger partial charge in [0.15, 0.2) is 0 Å². The number of halogens is 2. The van der Waals surface area contributed by atoms with Crippen LogP contribution in [-0.2, 0) is 34.4 Å². The molecule has 0 amide bonds. The fourth-order valence-corrected chi connectivity index (χ4v) is 26.2. The summed E-state index contributed by atoms with van der Waals surface area (Å²) in [5, 5.41) is 0. The van der Waals surface area contributed by atoms with Crippen molar-refractivity contribution in [3.05, 3.63) is 74.1 Å². The van der Waals surface area contributed by atoms with Crippen molar-refractivity contribution < 1.29 is 17.1 Å². The van der Waals surface area contributed by atoms with Gasteiger partial charge in [0.25, 0.3) is 0 Å². The summed E-state index contributed by atoms with van der Waals surface area (Å²) in [4.78, 5) is 0. The van der Waals surface area contributed by atoms with E-state index in [1.807, 2.05) is 0 Å². The van der Waals surface area contributed by atoms with Crippen molar-refractivity contribution in [3.8, 4) is 11.1 Å². The van der Waals surface area contributed by atoms with Crippen LogP contribution in [-0.4, -0.2) is 6.94 Å². The largest absolute Gasteiger partial charge is 0.147 e. The van der Waals surface area contributed by atoms with Crippen LogP contribution in [0.15, 0.2) is 51.9 Å². The Morgan fingerprint density at radius 2 is 1.47 bits per heavy atom. The molecule has 174 valence electrons. The Morgan fingerprint density at radius 1 is 0.844 bits per heavy atom. The molecule has 0 saturated carbocycles. The first-order chi connectivity index (χ1) is 13.7. The van der Waals surface area contributed by atoms with Crippen LogP contribution in [0.1, 0.15) is 70.2 Å². The van der Waals surface area contributed by atoms with Crippen LogP contribution in [0.25, 0.3) is 11.1 Å². The molecular formula is C28H40Cl2HfSi. The van der Waals surface area contributed by atoms with Gasteiger partial charge in [0.2, 0.25) is 0 Å². The summed E-state index contributed by atoms with van der Waals surface area (Å²) in [5.41, 5.74) is 9.53. The molecule has 2 aliphatic rings. The second-order valence-corrected chi connectivity index (χ2v) is 53.3. The molecule has 0 saturated heterocycles. The predicted octanol–water partition coefficient (Wildman–Crippen LogP) is 7.50. The van der Waals surface area contributed by atoms with Gasteiger partial charge in [-0.15, -0.1) is 24.8 Å². The molecule has 0 fully saturated rings. The van der Waals surface area contributed by atoms with Crippen molar-refractivity contribution >= 4 is 35.1 Å². The number of allylic oxidation sites excluding steroid dienone is 4. The summed E-state index contributed by atoms with van der Waals surface area (Å²) in [6.07, 6.45) is 9.35. The topological polar surface area (TPSA) is 0 Å². The van der Waals surface area contributed by atoms with Crippen LogP contribution in [0.4, 0.5) is 0 Å². The van der Waals surface area contributed by atoms with Gasteiger partial charge >= 0.3 is 187 Å². The van der Waals surface area contributed by atoms with Crippen molar-refractivity contribution in [1.82, 2.24) is 0 Å². The standard InChI is InChI=1S/C21H25.C5H5.2CH3.2ClH.Hf.H2Si/c1-20(2,3)16-7-9-18-14(12-16)11-15-13-17(21(4,5)6)8-10-19(15)18;1-2-4-5-3-1;;;;;;/h7-10,12H,11H2,1-6H3;1-3H,4H2;2*1H3;2*1H;;1H2. The Hall–Kier alpha value is -0.413. The van der Waals surface area contributed by atoms with E-state index >= 15 is 0 Å². The average Bonchev–Trinajstić information content (AvgIpc) is 3.26. The summed E-state index contributed by atoms with van der Waals surface area (Å²) >= 11 is -3.45. The molecule has 0 bridgehead atoms. The predicted molar refractivity (Wildman–Crippen MR) is 148 cm³/mol. The van der Waals surface area contributed by atoms with E-state index in [1.165, 1.54) is 22.3 Å². The third-order valence-electron chi connectivity index (χ3n) is 7.35. The first kappa shape index (κ1) is 27.8. The smallest absolute Gasteiger partial charge is 0.147 e. The van der Waals surface area contributed by atoms with Crippen LogP contribution in [0.5, 0.6) is 0 Å². The minimum Gasteiger partial charge on any atom is -0.147 e. The zero-order valence-electron chi connectivity index (χ0n) is 21.1. The van der Waals surface area contributed by atoms with Gasteiger partial charge in [-0.1, -0.05) is 0 Å². The summed E-state index contributed by atoms with van der Waals surface area (Å²) in [6.45, 7) is 16.6. The van der Waals surface area contributed by atoms with E-state index in [0.717, 1.165) is 12.8 Å². The molecule has 0 radical (unpaired) electrons. The Kier molecular flexibility index (Phi) is 7.54. The van der Waals surface area contributed by atoms with Gasteiger partial charge in [-0.25, -0.2) is 0 Å². The van der Waals surface area contributed by atoms with Gasteiger partial charge in [0, 0.05) is 0 Å². The Bertz CT molecular complexity index is 1180. The second-order valence-electron chi connectivity index (χ2n) is 12.6. The number of fused-ring (bicyclic) bond motifs is 3. The molecule has 0 aliphatic heterocycles. The maximum absolute atomic E-state index is 3.45. The molecule has 4 rings (SSSR count). The minimum atomic E-state index is -3.45. The van der Waals surface area contributed by atoms with E-state index < -0.39 is 17.1 Å². The summed E-state index contributed by atoms with van der Waals surface area (Å²) in [7, 11) is 0. The third kappa shape index (κ3) is 4.59. The molecular weight excluding hydrogens is 614 g/mol. The zero-order chi connectivity index (χ0) is 22.1. The maximum atomic E-state index is 2.68. The first-order valence-corrected chi connectivity index (χ1v) is 30.5. The number of rotatable bonds is 2. The zero-order valence-corrected chi connectivity index (χ0v) is 27.7. The van der Waals surface area contributed by atoms with E-state index in [0.29, 0.717) is 0 Å². The molecule has 0 spiro atoms. The van der Waals surface area contributed by atoms with Crippen LogP contribution in [0.3, 0.4) is 0 Å². The van der Waals surface area contributed by atoms with E-state index in [2.05, 4.69) is 106 Å².